The van der Waals surface area contributed by atoms with Crippen LogP contribution in [0.3, 0.4) is 0 Å². The van der Waals surface area contributed by atoms with Gasteiger partial charge in [-0.3, -0.25) is 0 Å². The summed E-state index contributed by atoms with van der Waals surface area (Å²) in [4.78, 5) is 0. The largest absolute Gasteiger partial charge is 0.388 e. The molecule has 1 saturated carbocycles. The Hall–Kier alpha value is -0.460. The molecule has 0 unspecified atom stereocenters. The van der Waals surface area contributed by atoms with Crippen molar-refractivity contribution in [1.29, 1.82) is 0 Å². The molecule has 0 aromatic rings. The van der Waals surface area contributed by atoms with Crippen molar-refractivity contribution in [2.75, 3.05) is 6.54 Å². The molecular weight excluding hydrogens is 122 g/mol. The average Bonchev–Trinajstić information content (AvgIpc) is 2.59. The first kappa shape index (κ1) is 6.26. The predicted molar refractivity (Wildman–Crippen MR) is 42.7 cm³/mol. The zero-order valence-electron chi connectivity index (χ0n) is 6.40. The number of allylic oxidation sites excluding steroid dienone is 1. The molecule has 1 heteroatoms. The number of hydrogen-bond acceptors (Lipinski definition) is 1. The average molecular weight is 137 g/mol. The van der Waals surface area contributed by atoms with Gasteiger partial charge in [-0.05, 0) is 25.2 Å². The molecule has 0 bridgehead atoms. The summed E-state index contributed by atoms with van der Waals surface area (Å²) in [6.07, 6.45) is 9.40. The van der Waals surface area contributed by atoms with Crippen LogP contribution in [0.2, 0.25) is 0 Å². The van der Waals surface area contributed by atoms with Gasteiger partial charge in [-0.25, -0.2) is 0 Å². The summed E-state index contributed by atoms with van der Waals surface area (Å²) in [6.45, 7) is 1.19. The molecule has 0 aromatic heterocycles. The normalized spacial score (nSPS) is 26.6. The highest BCUT2D eigenvalue weighted by molar-refractivity contribution is 5.10. The third kappa shape index (κ3) is 1.05. The van der Waals surface area contributed by atoms with Crippen LogP contribution in [0.15, 0.2) is 11.8 Å². The zero-order valence-corrected chi connectivity index (χ0v) is 6.40. The molecule has 1 fully saturated rings. The van der Waals surface area contributed by atoms with Crippen molar-refractivity contribution >= 4 is 0 Å². The van der Waals surface area contributed by atoms with Crippen LogP contribution in [0.1, 0.15) is 32.1 Å². The van der Waals surface area contributed by atoms with Gasteiger partial charge in [0.05, 0.1) is 0 Å². The van der Waals surface area contributed by atoms with Crippen molar-refractivity contribution in [3.63, 3.8) is 0 Å². The molecule has 1 aliphatic heterocycles. The molecule has 2 rings (SSSR count). The van der Waals surface area contributed by atoms with Gasteiger partial charge in [-0.15, -0.1) is 0 Å². The van der Waals surface area contributed by atoms with E-state index in [1.165, 1.54) is 38.6 Å². The zero-order chi connectivity index (χ0) is 6.81. The van der Waals surface area contributed by atoms with E-state index in [2.05, 4.69) is 11.4 Å². The Morgan fingerprint density at radius 3 is 2.70 bits per heavy atom. The summed E-state index contributed by atoms with van der Waals surface area (Å²) in [6, 6.07) is 0. The van der Waals surface area contributed by atoms with Crippen LogP contribution in [0, 0.1) is 5.92 Å². The topological polar surface area (TPSA) is 12.0 Å². The van der Waals surface area contributed by atoms with Gasteiger partial charge in [0.15, 0.2) is 0 Å². The van der Waals surface area contributed by atoms with Gasteiger partial charge >= 0.3 is 0 Å². The first-order valence-electron chi connectivity index (χ1n) is 4.41. The van der Waals surface area contributed by atoms with Crippen LogP contribution in [-0.4, -0.2) is 6.54 Å². The molecular formula is C9H15N. The Bertz CT molecular complexity index is 143. The van der Waals surface area contributed by atoms with E-state index >= 15 is 0 Å². The van der Waals surface area contributed by atoms with E-state index in [1.54, 1.807) is 5.70 Å². The molecule has 10 heavy (non-hydrogen) atoms. The van der Waals surface area contributed by atoms with Crippen molar-refractivity contribution in [1.82, 2.24) is 5.32 Å². The molecule has 2 aliphatic rings. The number of nitrogens with one attached hydrogen (secondary N) is 1. The molecule has 0 radical (unpaired) electrons. The summed E-state index contributed by atoms with van der Waals surface area (Å²) in [7, 11) is 0. The minimum atomic E-state index is 0.905. The van der Waals surface area contributed by atoms with Gasteiger partial charge in [-0.1, -0.05) is 18.9 Å². The van der Waals surface area contributed by atoms with Crippen molar-refractivity contribution in [3.8, 4) is 0 Å². The van der Waals surface area contributed by atoms with Crippen molar-refractivity contribution in [2.24, 2.45) is 5.92 Å². The van der Waals surface area contributed by atoms with Crippen LogP contribution in [-0.2, 0) is 0 Å². The molecule has 1 N–H and O–H groups in total. The number of rotatable bonds is 1. The summed E-state index contributed by atoms with van der Waals surface area (Å²) in [5.41, 5.74) is 1.55. The van der Waals surface area contributed by atoms with Crippen LogP contribution in [0.25, 0.3) is 0 Å². The van der Waals surface area contributed by atoms with Gasteiger partial charge in [0, 0.05) is 12.2 Å². The van der Waals surface area contributed by atoms with Crippen molar-refractivity contribution in [2.45, 2.75) is 32.1 Å². The van der Waals surface area contributed by atoms with E-state index < -0.39 is 0 Å². The van der Waals surface area contributed by atoms with Gasteiger partial charge in [0.2, 0.25) is 0 Å². The molecule has 1 heterocycles. The fraction of sp³-hybridized carbons (Fsp3) is 0.778. The highest BCUT2D eigenvalue weighted by atomic mass is 14.9. The highest BCUT2D eigenvalue weighted by Crippen LogP contribution is 2.30. The lowest BCUT2D eigenvalue weighted by molar-refractivity contribution is 0.599. The van der Waals surface area contributed by atoms with Crippen LogP contribution in [0.5, 0.6) is 0 Å². The predicted octanol–water partition coefficient (Wildman–Crippen LogP) is 2.05. The third-order valence-electron chi connectivity index (χ3n) is 2.63. The molecule has 0 saturated heterocycles. The molecule has 1 nitrogen and oxygen atoms in total. The van der Waals surface area contributed by atoms with E-state index in [9.17, 15) is 0 Å². The maximum Gasteiger partial charge on any atom is 0.0179 e. The monoisotopic (exact) mass is 137 g/mol. The molecule has 0 atom stereocenters. The maximum absolute atomic E-state index is 3.46. The molecule has 0 spiro atoms. The summed E-state index contributed by atoms with van der Waals surface area (Å²) >= 11 is 0. The summed E-state index contributed by atoms with van der Waals surface area (Å²) < 4.78 is 0. The smallest absolute Gasteiger partial charge is 0.0179 e. The third-order valence-corrected chi connectivity index (χ3v) is 2.63. The second-order valence-electron chi connectivity index (χ2n) is 3.36. The van der Waals surface area contributed by atoms with E-state index in [4.69, 9.17) is 0 Å². The van der Waals surface area contributed by atoms with Gasteiger partial charge in [0.1, 0.15) is 0 Å². The van der Waals surface area contributed by atoms with Gasteiger partial charge in [-0.2, -0.15) is 0 Å². The SMILES string of the molecule is C1=C(C2CCCC2)NCC1. The van der Waals surface area contributed by atoms with Gasteiger partial charge in [0.25, 0.3) is 0 Å². The standard InChI is InChI=1S/C9H15N/c1-2-5-8(4-1)9-6-3-7-10-9/h6,8,10H,1-5,7H2. The lowest BCUT2D eigenvalue weighted by Crippen LogP contribution is -2.13. The first-order valence-corrected chi connectivity index (χ1v) is 4.41. The molecule has 0 aromatic carbocycles. The lowest BCUT2D eigenvalue weighted by atomic mass is 10.0. The van der Waals surface area contributed by atoms with E-state index in [-0.39, 0.29) is 0 Å². The Labute approximate surface area is 62.5 Å². The van der Waals surface area contributed by atoms with E-state index in [0.29, 0.717) is 0 Å². The maximum atomic E-state index is 3.46. The van der Waals surface area contributed by atoms with Crippen LogP contribution < -0.4 is 5.32 Å². The second-order valence-corrected chi connectivity index (χ2v) is 3.36. The summed E-state index contributed by atoms with van der Waals surface area (Å²) in [5.74, 6) is 0.905. The van der Waals surface area contributed by atoms with Crippen molar-refractivity contribution in [3.05, 3.63) is 11.8 Å². The number of hydrogen-bond donors (Lipinski definition) is 1. The molecule has 0 amide bonds. The van der Waals surface area contributed by atoms with Gasteiger partial charge < -0.3 is 5.32 Å². The van der Waals surface area contributed by atoms with Crippen molar-refractivity contribution < 1.29 is 0 Å². The Kier molecular flexibility index (Phi) is 1.66. The van der Waals surface area contributed by atoms with Crippen LogP contribution >= 0.6 is 0 Å². The highest BCUT2D eigenvalue weighted by Gasteiger charge is 2.20. The minimum absolute atomic E-state index is 0.905. The van der Waals surface area contributed by atoms with E-state index in [1.807, 2.05) is 0 Å². The Balaban J connectivity index is 1.97. The first-order chi connectivity index (χ1) is 4.97. The quantitative estimate of drug-likeness (QED) is 0.583. The lowest BCUT2D eigenvalue weighted by Gasteiger charge is -2.10. The fourth-order valence-corrected chi connectivity index (χ4v) is 2.06. The molecule has 56 valence electrons. The van der Waals surface area contributed by atoms with E-state index in [0.717, 1.165) is 5.92 Å². The fourth-order valence-electron chi connectivity index (χ4n) is 2.06. The Morgan fingerprint density at radius 2 is 2.10 bits per heavy atom. The second kappa shape index (κ2) is 2.65. The van der Waals surface area contributed by atoms with Crippen LogP contribution in [0.4, 0.5) is 0 Å². The summed E-state index contributed by atoms with van der Waals surface area (Å²) in [5, 5.41) is 3.46. The Morgan fingerprint density at radius 1 is 1.30 bits per heavy atom. The minimum Gasteiger partial charge on any atom is -0.388 e. The molecule has 1 aliphatic carbocycles.